The smallest absolute Gasteiger partial charge is 0.0151 e. The molecule has 1 radical (unpaired) electrons. The van der Waals surface area contributed by atoms with E-state index in [1.807, 2.05) is 5.92 Å². The molecule has 0 aromatic heterocycles. The van der Waals surface area contributed by atoms with Crippen LogP contribution in [-0.4, -0.2) is 0 Å². The van der Waals surface area contributed by atoms with E-state index in [1.165, 1.54) is 57.8 Å². The lowest BCUT2D eigenvalue weighted by atomic mass is 9.61. The molecule has 1 unspecified atom stereocenters. The highest BCUT2D eigenvalue weighted by molar-refractivity contribution is 5.13. The van der Waals surface area contributed by atoms with Crippen LogP contribution >= 0.6 is 0 Å². The van der Waals surface area contributed by atoms with Crippen molar-refractivity contribution in [2.45, 2.75) is 71.6 Å². The predicted octanol–water partition coefficient (Wildman–Crippen LogP) is 4.74. The highest BCUT2D eigenvalue weighted by atomic mass is 14.5. The van der Waals surface area contributed by atoms with E-state index in [-0.39, 0.29) is 0 Å². The minimum Gasteiger partial charge on any atom is -0.0648 e. The first kappa shape index (κ1) is 10.5. The van der Waals surface area contributed by atoms with E-state index in [9.17, 15) is 0 Å². The molecule has 2 aliphatic rings. The van der Waals surface area contributed by atoms with Crippen molar-refractivity contribution < 1.29 is 0 Å². The SMILES string of the molecule is CCC1([C]2CCCC2C)CCCCC1. The summed E-state index contributed by atoms with van der Waals surface area (Å²) in [5.74, 6) is 2.90. The first-order valence-corrected chi connectivity index (χ1v) is 6.65. The zero-order valence-corrected chi connectivity index (χ0v) is 9.94. The van der Waals surface area contributed by atoms with Crippen LogP contribution in [0.2, 0.25) is 0 Å². The summed E-state index contributed by atoms with van der Waals surface area (Å²) < 4.78 is 0. The molecule has 0 bridgehead atoms. The Kier molecular flexibility index (Phi) is 3.19. The maximum atomic E-state index is 2.47. The standard InChI is InChI=1S/C14H25/c1-3-14(10-5-4-6-11-14)13-9-7-8-12(13)2/h12H,3-11H2,1-2H3. The van der Waals surface area contributed by atoms with Crippen LogP contribution in [0.1, 0.15) is 71.6 Å². The molecule has 0 spiro atoms. The molecule has 0 nitrogen and oxygen atoms in total. The van der Waals surface area contributed by atoms with Crippen LogP contribution in [0, 0.1) is 17.3 Å². The summed E-state index contributed by atoms with van der Waals surface area (Å²) in [6.45, 7) is 4.89. The Balaban J connectivity index is 2.09. The summed E-state index contributed by atoms with van der Waals surface area (Å²) >= 11 is 0. The summed E-state index contributed by atoms with van der Waals surface area (Å²) in [7, 11) is 0. The van der Waals surface area contributed by atoms with Gasteiger partial charge in [-0.2, -0.15) is 0 Å². The molecule has 1 atom stereocenters. The average Bonchev–Trinajstić information content (AvgIpc) is 2.66. The van der Waals surface area contributed by atoms with Crippen LogP contribution in [0.15, 0.2) is 0 Å². The lowest BCUT2D eigenvalue weighted by Crippen LogP contribution is -2.32. The molecule has 0 N–H and O–H groups in total. The molecule has 2 saturated carbocycles. The Morgan fingerprint density at radius 2 is 1.86 bits per heavy atom. The summed E-state index contributed by atoms with van der Waals surface area (Å²) in [4.78, 5) is 0. The van der Waals surface area contributed by atoms with Crippen LogP contribution in [0.4, 0.5) is 0 Å². The summed E-state index contributed by atoms with van der Waals surface area (Å²) in [6.07, 6.45) is 13.3. The van der Waals surface area contributed by atoms with E-state index in [0.29, 0.717) is 5.41 Å². The van der Waals surface area contributed by atoms with Gasteiger partial charge in [-0.25, -0.2) is 0 Å². The van der Waals surface area contributed by atoms with Gasteiger partial charge in [0.25, 0.3) is 0 Å². The minimum absolute atomic E-state index is 0.689. The number of hydrogen-bond acceptors (Lipinski definition) is 0. The molecule has 2 aliphatic carbocycles. The van der Waals surface area contributed by atoms with Gasteiger partial charge in [0.05, 0.1) is 0 Å². The lowest BCUT2D eigenvalue weighted by molar-refractivity contribution is 0.174. The van der Waals surface area contributed by atoms with Crippen LogP contribution < -0.4 is 0 Å². The normalized spacial score (nSPS) is 33.4. The molecular weight excluding hydrogens is 168 g/mol. The van der Waals surface area contributed by atoms with Gasteiger partial charge in [-0.1, -0.05) is 46.0 Å². The maximum absolute atomic E-state index is 2.47. The first-order chi connectivity index (χ1) is 6.78. The van der Waals surface area contributed by atoms with Crippen molar-refractivity contribution in [3.8, 4) is 0 Å². The van der Waals surface area contributed by atoms with E-state index < -0.39 is 0 Å². The highest BCUT2D eigenvalue weighted by Gasteiger charge is 2.42. The van der Waals surface area contributed by atoms with Crippen molar-refractivity contribution in [2.75, 3.05) is 0 Å². The molecule has 81 valence electrons. The maximum Gasteiger partial charge on any atom is -0.0151 e. The molecular formula is C14H25. The topological polar surface area (TPSA) is 0 Å². The Morgan fingerprint density at radius 1 is 1.14 bits per heavy atom. The zero-order valence-electron chi connectivity index (χ0n) is 9.94. The Labute approximate surface area is 89.5 Å². The van der Waals surface area contributed by atoms with Gasteiger partial charge < -0.3 is 0 Å². The van der Waals surface area contributed by atoms with Crippen molar-refractivity contribution in [2.24, 2.45) is 11.3 Å². The van der Waals surface area contributed by atoms with Gasteiger partial charge in [0.15, 0.2) is 0 Å². The molecule has 0 heteroatoms. The molecule has 0 heterocycles. The van der Waals surface area contributed by atoms with Gasteiger partial charge >= 0.3 is 0 Å². The summed E-state index contributed by atoms with van der Waals surface area (Å²) in [5.41, 5.74) is 0.689. The van der Waals surface area contributed by atoms with Crippen LogP contribution in [0.5, 0.6) is 0 Å². The monoisotopic (exact) mass is 193 g/mol. The van der Waals surface area contributed by atoms with Crippen molar-refractivity contribution in [3.05, 3.63) is 5.92 Å². The molecule has 2 fully saturated rings. The van der Waals surface area contributed by atoms with Gasteiger partial charge in [0.1, 0.15) is 0 Å². The zero-order chi connectivity index (χ0) is 10.0. The van der Waals surface area contributed by atoms with E-state index in [0.717, 1.165) is 5.92 Å². The van der Waals surface area contributed by atoms with Crippen LogP contribution in [0.25, 0.3) is 0 Å². The number of hydrogen-bond donors (Lipinski definition) is 0. The van der Waals surface area contributed by atoms with Crippen molar-refractivity contribution in [1.82, 2.24) is 0 Å². The van der Waals surface area contributed by atoms with Crippen LogP contribution in [-0.2, 0) is 0 Å². The average molecular weight is 193 g/mol. The van der Waals surface area contributed by atoms with Crippen molar-refractivity contribution >= 4 is 0 Å². The second kappa shape index (κ2) is 4.24. The third-order valence-electron chi connectivity index (χ3n) is 4.85. The lowest BCUT2D eigenvalue weighted by Gasteiger charge is -2.43. The van der Waals surface area contributed by atoms with E-state index in [1.54, 1.807) is 0 Å². The largest absolute Gasteiger partial charge is 0.0648 e. The summed E-state index contributed by atoms with van der Waals surface area (Å²) in [5, 5.41) is 0. The van der Waals surface area contributed by atoms with Crippen molar-refractivity contribution in [1.29, 1.82) is 0 Å². The first-order valence-electron chi connectivity index (χ1n) is 6.65. The fourth-order valence-corrected chi connectivity index (χ4v) is 3.94. The van der Waals surface area contributed by atoms with E-state index >= 15 is 0 Å². The molecule has 0 saturated heterocycles. The predicted molar refractivity (Wildman–Crippen MR) is 62.1 cm³/mol. The third kappa shape index (κ3) is 1.73. The van der Waals surface area contributed by atoms with Crippen LogP contribution in [0.3, 0.4) is 0 Å². The van der Waals surface area contributed by atoms with Gasteiger partial charge in [-0.3, -0.25) is 0 Å². The number of rotatable bonds is 2. The Hall–Kier alpha value is 0. The third-order valence-corrected chi connectivity index (χ3v) is 4.85. The molecule has 0 amide bonds. The molecule has 0 aromatic rings. The van der Waals surface area contributed by atoms with E-state index in [2.05, 4.69) is 13.8 Å². The fourth-order valence-electron chi connectivity index (χ4n) is 3.94. The second-order valence-corrected chi connectivity index (χ2v) is 5.51. The fraction of sp³-hybridized carbons (Fsp3) is 0.929. The van der Waals surface area contributed by atoms with Crippen molar-refractivity contribution in [3.63, 3.8) is 0 Å². The molecule has 0 aliphatic heterocycles. The Morgan fingerprint density at radius 3 is 2.36 bits per heavy atom. The van der Waals surface area contributed by atoms with Gasteiger partial charge in [0.2, 0.25) is 0 Å². The Bertz CT molecular complexity index is 176. The second-order valence-electron chi connectivity index (χ2n) is 5.51. The highest BCUT2D eigenvalue weighted by Crippen LogP contribution is 2.54. The molecule has 14 heavy (non-hydrogen) atoms. The minimum atomic E-state index is 0.689. The van der Waals surface area contributed by atoms with E-state index in [4.69, 9.17) is 0 Å². The summed E-state index contributed by atoms with van der Waals surface area (Å²) in [6, 6.07) is 0. The molecule has 0 aromatic carbocycles. The molecule has 2 rings (SSSR count). The van der Waals surface area contributed by atoms with Gasteiger partial charge in [-0.15, -0.1) is 0 Å². The van der Waals surface area contributed by atoms with Gasteiger partial charge in [-0.05, 0) is 42.9 Å². The van der Waals surface area contributed by atoms with Gasteiger partial charge in [0, 0.05) is 0 Å². The quantitative estimate of drug-likeness (QED) is 0.594.